The third-order valence-corrected chi connectivity index (χ3v) is 16.6. The average molecular weight is 656 g/mol. The van der Waals surface area contributed by atoms with Gasteiger partial charge < -0.3 is 10.5 Å². The Bertz CT molecular complexity index is 1510. The van der Waals surface area contributed by atoms with Gasteiger partial charge in [0.1, 0.15) is 13.3 Å². The van der Waals surface area contributed by atoms with Gasteiger partial charge in [-0.3, -0.25) is 4.79 Å². The highest BCUT2D eigenvalue weighted by Gasteiger charge is 2.70. The van der Waals surface area contributed by atoms with E-state index in [2.05, 4.69) is 60.3 Å². The number of hydrogen-bond acceptors (Lipinski definition) is 3. The minimum atomic E-state index is -1.07. The van der Waals surface area contributed by atoms with E-state index in [9.17, 15) is 9.18 Å². The van der Waals surface area contributed by atoms with Crippen molar-refractivity contribution in [2.24, 2.45) is 62.4 Å². The molecule has 4 fully saturated rings. The van der Waals surface area contributed by atoms with E-state index in [-0.39, 0.29) is 23.0 Å². The van der Waals surface area contributed by atoms with Crippen LogP contribution >= 0.6 is 0 Å². The fraction of sp³-hybridized carbons (Fsp3) is 0.705. The van der Waals surface area contributed by atoms with E-state index >= 15 is 0 Å². The van der Waals surface area contributed by atoms with Crippen molar-refractivity contribution in [3.05, 3.63) is 71.3 Å². The van der Waals surface area contributed by atoms with Crippen LogP contribution in [-0.2, 0) is 16.1 Å². The molecule has 2 N–H and O–H groups in total. The third kappa shape index (κ3) is 4.84. The van der Waals surface area contributed by atoms with Crippen LogP contribution in [0.2, 0.25) is 0 Å². The monoisotopic (exact) mass is 655 g/mol. The van der Waals surface area contributed by atoms with Gasteiger partial charge in [-0.05, 0) is 152 Å². The summed E-state index contributed by atoms with van der Waals surface area (Å²) in [6, 6.07) is 9.68. The number of hydrogen-bond donors (Lipinski definition) is 1. The van der Waals surface area contributed by atoms with Crippen molar-refractivity contribution >= 4 is 5.97 Å². The maximum atomic E-state index is 14.6. The molecule has 0 radical (unpaired) electrons. The van der Waals surface area contributed by atoms with Gasteiger partial charge in [0, 0.05) is 5.54 Å². The highest BCUT2D eigenvalue weighted by molar-refractivity contribution is 5.78. The lowest BCUT2D eigenvalue weighted by atomic mass is 9.33. The van der Waals surface area contributed by atoms with E-state index in [4.69, 9.17) is 10.5 Å². The molecule has 0 heterocycles. The number of fused-ring (bicyclic) bond motifs is 7. The summed E-state index contributed by atoms with van der Waals surface area (Å²) >= 11 is 0. The highest BCUT2D eigenvalue weighted by atomic mass is 19.1. The standard InChI is InChI=1S/C44H62FNO2/c1-29(2)32-17-24-44(46)26-25-41(6)34(37(32)44)13-14-36-40(5)20-18-33(39(3,4)35(40)19-21-42(36,41)7)31-15-22-43(28-45,23-16-31)38(47)48-27-30-11-9-8-10-12-30/h8-12,15,18,32,34-37H,1,13-14,16-17,19-28,46H2,2-7H3/t32?,34-,35?,36-,37-,40+,41-,42-,43-,44+/m1/s1. The van der Waals surface area contributed by atoms with Gasteiger partial charge in [0.05, 0.1) is 5.41 Å². The minimum Gasteiger partial charge on any atom is -0.460 e. The maximum Gasteiger partial charge on any atom is 0.315 e. The summed E-state index contributed by atoms with van der Waals surface area (Å²) in [4.78, 5) is 13.3. The summed E-state index contributed by atoms with van der Waals surface area (Å²) in [5.74, 6) is 2.74. The molecule has 1 aromatic carbocycles. The Kier molecular flexibility index (Phi) is 8.33. The van der Waals surface area contributed by atoms with E-state index < -0.39 is 18.1 Å². The van der Waals surface area contributed by atoms with Crippen molar-refractivity contribution in [1.82, 2.24) is 0 Å². The van der Waals surface area contributed by atoms with Crippen LogP contribution in [0.5, 0.6) is 0 Å². The first kappa shape index (κ1) is 34.3. The number of benzene rings is 1. The number of nitrogens with two attached hydrogens (primary N) is 1. The van der Waals surface area contributed by atoms with Crippen molar-refractivity contribution in [2.45, 2.75) is 131 Å². The Balaban J connectivity index is 1.12. The predicted octanol–water partition coefficient (Wildman–Crippen LogP) is 10.7. The average Bonchev–Trinajstić information content (AvgIpc) is 3.42. The van der Waals surface area contributed by atoms with Gasteiger partial charge in [0.2, 0.25) is 0 Å². The first-order valence-electron chi connectivity index (χ1n) is 19.3. The summed E-state index contributed by atoms with van der Waals surface area (Å²) < 4.78 is 20.3. The predicted molar refractivity (Wildman–Crippen MR) is 194 cm³/mol. The normalized spacial score (nSPS) is 44.6. The van der Waals surface area contributed by atoms with Crippen LogP contribution in [0.1, 0.15) is 124 Å². The van der Waals surface area contributed by atoms with Crippen LogP contribution < -0.4 is 5.73 Å². The quantitative estimate of drug-likeness (QED) is 0.245. The van der Waals surface area contributed by atoms with Gasteiger partial charge in [-0.25, -0.2) is 4.39 Å². The molecule has 10 atom stereocenters. The summed E-state index contributed by atoms with van der Waals surface area (Å²) in [5.41, 5.74) is 12.2. The summed E-state index contributed by atoms with van der Waals surface area (Å²) in [5, 5.41) is 0. The number of esters is 1. The molecule has 262 valence electrons. The van der Waals surface area contributed by atoms with E-state index in [1.54, 1.807) is 0 Å². The number of carbonyl (C=O) groups is 1. The molecule has 0 bridgehead atoms. The zero-order valence-electron chi connectivity index (χ0n) is 30.8. The van der Waals surface area contributed by atoms with Gasteiger partial charge in [-0.2, -0.15) is 0 Å². The van der Waals surface area contributed by atoms with E-state index in [1.807, 2.05) is 30.3 Å². The molecule has 7 rings (SSSR count). The van der Waals surface area contributed by atoms with Crippen molar-refractivity contribution in [2.75, 3.05) is 6.67 Å². The minimum absolute atomic E-state index is 0.00531. The van der Waals surface area contributed by atoms with Crippen LogP contribution in [-0.4, -0.2) is 18.2 Å². The first-order chi connectivity index (χ1) is 22.7. The Labute approximate surface area is 290 Å². The molecule has 0 amide bonds. The number of rotatable bonds is 6. The Morgan fingerprint density at radius 3 is 2.31 bits per heavy atom. The van der Waals surface area contributed by atoms with E-state index in [0.717, 1.165) is 18.4 Å². The van der Waals surface area contributed by atoms with Gasteiger partial charge in [-0.15, -0.1) is 0 Å². The molecule has 3 nitrogen and oxygen atoms in total. The number of alkyl halides is 1. The van der Waals surface area contributed by atoms with Gasteiger partial charge in [0.15, 0.2) is 0 Å². The van der Waals surface area contributed by atoms with E-state index in [1.165, 1.54) is 68.1 Å². The fourth-order valence-electron chi connectivity index (χ4n) is 13.7. The molecule has 0 saturated heterocycles. The maximum absolute atomic E-state index is 14.6. The number of ether oxygens (including phenoxy) is 1. The van der Waals surface area contributed by atoms with Crippen molar-refractivity contribution in [1.29, 1.82) is 0 Å². The lowest BCUT2D eigenvalue weighted by molar-refractivity contribution is -0.219. The van der Waals surface area contributed by atoms with Gasteiger partial charge >= 0.3 is 5.97 Å². The van der Waals surface area contributed by atoms with Crippen molar-refractivity contribution in [3.63, 3.8) is 0 Å². The Morgan fingerprint density at radius 2 is 1.65 bits per heavy atom. The second kappa shape index (κ2) is 11.7. The lowest BCUT2D eigenvalue weighted by Gasteiger charge is -2.72. The molecule has 2 unspecified atom stereocenters. The Morgan fingerprint density at radius 1 is 0.896 bits per heavy atom. The number of halogens is 1. The first-order valence-corrected chi connectivity index (χ1v) is 19.3. The molecule has 0 aliphatic heterocycles. The van der Waals surface area contributed by atoms with Crippen LogP contribution in [0.15, 0.2) is 65.8 Å². The molecule has 4 saturated carbocycles. The topological polar surface area (TPSA) is 52.3 Å². The zero-order valence-corrected chi connectivity index (χ0v) is 30.8. The molecule has 48 heavy (non-hydrogen) atoms. The molecule has 1 aromatic rings. The van der Waals surface area contributed by atoms with Crippen molar-refractivity contribution < 1.29 is 13.9 Å². The summed E-state index contributed by atoms with van der Waals surface area (Å²) in [7, 11) is 0. The number of carbonyl (C=O) groups excluding carboxylic acids is 1. The van der Waals surface area contributed by atoms with Crippen LogP contribution in [0.25, 0.3) is 0 Å². The largest absolute Gasteiger partial charge is 0.460 e. The van der Waals surface area contributed by atoms with Crippen LogP contribution in [0.4, 0.5) is 4.39 Å². The molecular formula is C44H62FNO2. The second-order valence-electron chi connectivity index (χ2n) is 18.9. The summed E-state index contributed by atoms with van der Waals surface area (Å²) in [6.07, 6.45) is 17.5. The zero-order chi connectivity index (χ0) is 34.3. The molecule has 6 aliphatic rings. The SMILES string of the molecule is C=C(C)C1CC[C@]2(N)CC[C@]3(C)[C@H](CC[C@@H]4[C@@]5(C)CC=C(C6=CC[C@@](CF)(C(=O)OCc7ccccc7)CC6)C(C)(C)C5CC[C@]43C)[C@@H]12. The Hall–Kier alpha value is -2.20. The molecular weight excluding hydrogens is 593 g/mol. The number of allylic oxidation sites excluding steroid dienone is 5. The molecule has 0 spiro atoms. The third-order valence-electron chi connectivity index (χ3n) is 16.6. The smallest absolute Gasteiger partial charge is 0.315 e. The summed E-state index contributed by atoms with van der Waals surface area (Å²) in [6.45, 7) is 19.3. The molecule has 0 aromatic heterocycles. The highest BCUT2D eigenvalue weighted by Crippen LogP contribution is 2.76. The second-order valence-corrected chi connectivity index (χ2v) is 18.9. The molecule has 4 heteroatoms. The van der Waals surface area contributed by atoms with Crippen molar-refractivity contribution in [3.8, 4) is 0 Å². The lowest BCUT2D eigenvalue weighted by Crippen LogP contribution is -2.67. The van der Waals surface area contributed by atoms with Gasteiger partial charge in [0.25, 0.3) is 0 Å². The van der Waals surface area contributed by atoms with Crippen LogP contribution in [0, 0.1) is 56.7 Å². The fourth-order valence-corrected chi connectivity index (χ4v) is 13.7. The van der Waals surface area contributed by atoms with Crippen LogP contribution in [0.3, 0.4) is 0 Å². The molecule has 6 aliphatic carbocycles. The van der Waals surface area contributed by atoms with E-state index in [0.29, 0.717) is 53.3 Å². The van der Waals surface area contributed by atoms with Gasteiger partial charge in [-0.1, -0.05) is 89.3 Å².